The van der Waals surface area contributed by atoms with Crippen molar-refractivity contribution in [2.75, 3.05) is 0 Å². The number of hydrogen-bond donors (Lipinski definition) is 2. The van der Waals surface area contributed by atoms with Crippen LogP contribution in [0.25, 0.3) is 11.0 Å². The van der Waals surface area contributed by atoms with Gasteiger partial charge in [-0.3, -0.25) is 19.1 Å². The summed E-state index contributed by atoms with van der Waals surface area (Å²) in [4.78, 5) is 44.0. The Morgan fingerprint density at radius 1 is 1.38 bits per heavy atom. The summed E-state index contributed by atoms with van der Waals surface area (Å²) >= 11 is 0. The Morgan fingerprint density at radius 3 is 2.77 bits per heavy atom. The van der Waals surface area contributed by atoms with E-state index < -0.39 is 17.2 Å². The molecule has 0 saturated carbocycles. The molecule has 8 nitrogen and oxygen atoms in total. The van der Waals surface area contributed by atoms with Crippen LogP contribution in [-0.4, -0.2) is 20.4 Å². The van der Waals surface area contributed by atoms with E-state index in [1.807, 2.05) is 13.8 Å². The van der Waals surface area contributed by atoms with E-state index in [1.165, 1.54) is 10.8 Å². The lowest BCUT2D eigenvalue weighted by molar-refractivity contribution is 0.0949. The molecule has 1 amide bonds. The van der Waals surface area contributed by atoms with Gasteiger partial charge in [-0.05, 0) is 31.0 Å². The van der Waals surface area contributed by atoms with Crippen molar-refractivity contribution in [1.82, 2.24) is 19.9 Å². The van der Waals surface area contributed by atoms with Crippen LogP contribution < -0.4 is 16.6 Å². The molecule has 0 spiro atoms. The molecule has 0 aliphatic carbocycles. The molecule has 3 aromatic heterocycles. The first-order valence-electron chi connectivity index (χ1n) is 8.40. The molecular formula is C18H20N4O4. The van der Waals surface area contributed by atoms with Gasteiger partial charge >= 0.3 is 5.69 Å². The van der Waals surface area contributed by atoms with Crippen molar-refractivity contribution in [3.8, 4) is 0 Å². The third-order valence-corrected chi connectivity index (χ3v) is 4.12. The Bertz CT molecular complexity index is 1060. The first kappa shape index (κ1) is 17.7. The highest BCUT2D eigenvalue weighted by Crippen LogP contribution is 2.19. The van der Waals surface area contributed by atoms with E-state index in [2.05, 4.69) is 15.3 Å². The average Bonchev–Trinajstić information content (AvgIpc) is 3.12. The molecule has 0 radical (unpaired) electrons. The summed E-state index contributed by atoms with van der Waals surface area (Å²) in [5, 5.41) is 2.84. The quantitative estimate of drug-likeness (QED) is 0.724. The Hall–Kier alpha value is -3.16. The minimum Gasteiger partial charge on any atom is -0.467 e. The molecule has 8 heteroatoms. The number of aromatic nitrogens is 3. The molecule has 0 saturated heterocycles. The van der Waals surface area contributed by atoms with Crippen molar-refractivity contribution in [2.24, 2.45) is 0 Å². The van der Waals surface area contributed by atoms with Gasteiger partial charge in [0, 0.05) is 12.2 Å². The van der Waals surface area contributed by atoms with Gasteiger partial charge < -0.3 is 9.73 Å². The third-order valence-electron chi connectivity index (χ3n) is 4.12. The smallest absolute Gasteiger partial charge is 0.329 e. The molecule has 136 valence electrons. The number of aromatic amines is 1. The number of hydrogen-bond acceptors (Lipinski definition) is 5. The van der Waals surface area contributed by atoms with E-state index in [0.717, 1.165) is 0 Å². The van der Waals surface area contributed by atoms with Crippen molar-refractivity contribution in [3.63, 3.8) is 0 Å². The number of pyridine rings is 1. The minimum atomic E-state index is -0.624. The van der Waals surface area contributed by atoms with Crippen LogP contribution in [0.3, 0.4) is 0 Å². The maximum absolute atomic E-state index is 12.7. The Morgan fingerprint density at radius 2 is 2.15 bits per heavy atom. The molecule has 0 aliphatic rings. The summed E-state index contributed by atoms with van der Waals surface area (Å²) in [7, 11) is 0. The van der Waals surface area contributed by atoms with Gasteiger partial charge in [0.1, 0.15) is 5.76 Å². The molecular weight excluding hydrogens is 336 g/mol. The fourth-order valence-electron chi connectivity index (χ4n) is 2.74. The number of nitrogens with zero attached hydrogens (tertiary/aromatic N) is 2. The first-order chi connectivity index (χ1) is 12.4. The summed E-state index contributed by atoms with van der Waals surface area (Å²) in [6, 6.07) is 5.07. The predicted molar refractivity (Wildman–Crippen MR) is 96.3 cm³/mol. The second kappa shape index (κ2) is 6.99. The lowest BCUT2D eigenvalue weighted by Crippen LogP contribution is -2.33. The molecule has 0 unspecified atom stereocenters. The van der Waals surface area contributed by atoms with E-state index in [1.54, 1.807) is 25.1 Å². The largest absolute Gasteiger partial charge is 0.467 e. The second-order valence-corrected chi connectivity index (χ2v) is 6.21. The zero-order chi connectivity index (χ0) is 18.8. The fourth-order valence-corrected chi connectivity index (χ4v) is 2.74. The van der Waals surface area contributed by atoms with E-state index in [0.29, 0.717) is 18.0 Å². The van der Waals surface area contributed by atoms with Crippen molar-refractivity contribution >= 4 is 16.9 Å². The van der Waals surface area contributed by atoms with Gasteiger partial charge in [-0.1, -0.05) is 13.8 Å². The van der Waals surface area contributed by atoms with Gasteiger partial charge in [0.05, 0.1) is 23.8 Å². The number of aryl methyl sites for hydroxylation is 1. The normalized spacial score (nSPS) is 11.2. The number of H-pyrrole nitrogens is 1. The highest BCUT2D eigenvalue weighted by Gasteiger charge is 2.20. The highest BCUT2D eigenvalue weighted by molar-refractivity contribution is 6.05. The van der Waals surface area contributed by atoms with Crippen molar-refractivity contribution in [3.05, 3.63) is 62.3 Å². The van der Waals surface area contributed by atoms with E-state index in [4.69, 9.17) is 4.42 Å². The van der Waals surface area contributed by atoms with Gasteiger partial charge in [0.2, 0.25) is 0 Å². The average molecular weight is 356 g/mol. The molecule has 3 heterocycles. The second-order valence-electron chi connectivity index (χ2n) is 6.21. The molecule has 0 bridgehead atoms. The van der Waals surface area contributed by atoms with Crippen LogP contribution in [0.4, 0.5) is 0 Å². The summed E-state index contributed by atoms with van der Waals surface area (Å²) in [5.74, 6) is 0.193. The van der Waals surface area contributed by atoms with E-state index in [9.17, 15) is 14.4 Å². The molecule has 2 N–H and O–H groups in total. The zero-order valence-electron chi connectivity index (χ0n) is 14.8. The maximum atomic E-state index is 12.7. The number of carbonyl (C=O) groups excluding carboxylic acids is 1. The van der Waals surface area contributed by atoms with Crippen LogP contribution in [0.2, 0.25) is 0 Å². The zero-order valence-corrected chi connectivity index (χ0v) is 14.8. The number of nitrogens with one attached hydrogen (secondary N) is 2. The van der Waals surface area contributed by atoms with Crippen LogP contribution in [0.5, 0.6) is 0 Å². The predicted octanol–water partition coefficient (Wildman–Crippen LogP) is 1.75. The van der Waals surface area contributed by atoms with Crippen molar-refractivity contribution in [2.45, 2.75) is 39.8 Å². The van der Waals surface area contributed by atoms with Crippen LogP contribution in [-0.2, 0) is 13.1 Å². The lowest BCUT2D eigenvalue weighted by atomic mass is 10.0. The van der Waals surface area contributed by atoms with E-state index in [-0.39, 0.29) is 29.1 Å². The SMILES string of the molecule is CCn1c(=O)[nH]c(=O)c2c(C(=O)NCc3ccco3)cc(C(C)C)nc21. The molecule has 0 aromatic carbocycles. The Balaban J connectivity index is 2.17. The number of rotatable bonds is 5. The lowest BCUT2D eigenvalue weighted by Gasteiger charge is -2.13. The topological polar surface area (TPSA) is 110 Å². The van der Waals surface area contributed by atoms with Gasteiger partial charge in [-0.15, -0.1) is 0 Å². The molecule has 0 atom stereocenters. The number of furan rings is 1. The molecule has 0 fully saturated rings. The van der Waals surface area contributed by atoms with Crippen LogP contribution in [0.15, 0.2) is 38.5 Å². The molecule has 0 aliphatic heterocycles. The monoisotopic (exact) mass is 356 g/mol. The third kappa shape index (κ3) is 3.17. The summed E-state index contributed by atoms with van der Waals surface area (Å²) in [5.41, 5.74) is -0.127. The van der Waals surface area contributed by atoms with Gasteiger partial charge in [0.25, 0.3) is 11.5 Å². The van der Waals surface area contributed by atoms with E-state index >= 15 is 0 Å². The first-order valence-corrected chi connectivity index (χ1v) is 8.40. The van der Waals surface area contributed by atoms with Crippen molar-refractivity contribution in [1.29, 1.82) is 0 Å². The van der Waals surface area contributed by atoms with Crippen LogP contribution in [0.1, 0.15) is 48.5 Å². The number of amides is 1. The maximum Gasteiger partial charge on any atom is 0.329 e. The fraction of sp³-hybridized carbons (Fsp3) is 0.333. The summed E-state index contributed by atoms with van der Waals surface area (Å²) < 4.78 is 6.56. The van der Waals surface area contributed by atoms with Crippen LogP contribution in [0, 0.1) is 0 Å². The summed E-state index contributed by atoms with van der Waals surface area (Å²) in [6.07, 6.45) is 1.52. The molecule has 3 aromatic rings. The Labute approximate surface area is 148 Å². The summed E-state index contributed by atoms with van der Waals surface area (Å²) in [6.45, 7) is 6.16. The Kier molecular flexibility index (Phi) is 4.75. The standard InChI is InChI=1S/C18H20N4O4/c1-4-22-15-14(17(24)21-18(22)25)12(8-13(20-15)10(2)3)16(23)19-9-11-6-5-7-26-11/h5-8,10H,4,9H2,1-3H3,(H,19,23)(H,21,24,25). The van der Waals surface area contributed by atoms with Gasteiger partial charge in [-0.25, -0.2) is 9.78 Å². The minimum absolute atomic E-state index is 0.0238. The molecule has 26 heavy (non-hydrogen) atoms. The van der Waals surface area contributed by atoms with Crippen molar-refractivity contribution < 1.29 is 9.21 Å². The van der Waals surface area contributed by atoms with Gasteiger partial charge in [0.15, 0.2) is 5.65 Å². The molecule has 3 rings (SSSR count). The van der Waals surface area contributed by atoms with Gasteiger partial charge in [-0.2, -0.15) is 0 Å². The van der Waals surface area contributed by atoms with Crippen LogP contribution >= 0.6 is 0 Å². The number of carbonyl (C=O) groups is 1. The highest BCUT2D eigenvalue weighted by atomic mass is 16.3. The number of fused-ring (bicyclic) bond motifs is 1.